The summed E-state index contributed by atoms with van der Waals surface area (Å²) in [5.41, 5.74) is 3.04. The second-order valence-electron chi connectivity index (χ2n) is 8.61. The van der Waals surface area contributed by atoms with E-state index >= 15 is 0 Å². The number of benzene rings is 3. The molecule has 1 atom stereocenters. The zero-order valence-electron chi connectivity index (χ0n) is 20.8. The Kier molecular flexibility index (Phi) is 7.10. The van der Waals surface area contributed by atoms with Crippen molar-refractivity contribution in [2.24, 2.45) is 0 Å². The summed E-state index contributed by atoms with van der Waals surface area (Å²) < 4.78 is 19.4. The number of aryl methyl sites for hydroxylation is 1. The molecule has 1 fully saturated rings. The van der Waals surface area contributed by atoms with Crippen LogP contribution in [0.4, 0.5) is 15.8 Å². The van der Waals surface area contributed by atoms with Crippen LogP contribution >= 0.6 is 0 Å². The molecule has 4 rings (SSSR count). The first kappa shape index (κ1) is 25.0. The molecule has 1 aliphatic heterocycles. The highest BCUT2D eigenvalue weighted by Crippen LogP contribution is 2.43. The van der Waals surface area contributed by atoms with Crippen LogP contribution in [0.1, 0.15) is 36.6 Å². The number of anilines is 2. The van der Waals surface area contributed by atoms with Gasteiger partial charge >= 0.3 is 0 Å². The van der Waals surface area contributed by atoms with Gasteiger partial charge in [-0.25, -0.2) is 4.39 Å². The van der Waals surface area contributed by atoms with Crippen LogP contribution in [0, 0.1) is 12.7 Å². The van der Waals surface area contributed by atoms with E-state index < -0.39 is 29.3 Å². The Morgan fingerprint density at radius 3 is 2.22 bits per heavy atom. The van der Waals surface area contributed by atoms with Gasteiger partial charge in [-0.3, -0.25) is 14.5 Å². The first-order valence-electron chi connectivity index (χ1n) is 11.9. The van der Waals surface area contributed by atoms with Crippen LogP contribution in [0.5, 0.6) is 5.75 Å². The lowest BCUT2D eigenvalue weighted by Crippen LogP contribution is -2.29. The molecule has 0 radical (unpaired) electrons. The molecule has 1 N–H and O–H groups in total. The lowest BCUT2D eigenvalue weighted by molar-refractivity contribution is -0.132. The maximum Gasteiger partial charge on any atom is 0.300 e. The number of ether oxygens (including phenoxy) is 1. The molecule has 186 valence electrons. The fourth-order valence-electron chi connectivity index (χ4n) is 4.59. The number of aliphatic hydroxyl groups excluding tert-OH is 1. The predicted octanol–water partition coefficient (Wildman–Crippen LogP) is 5.62. The number of amides is 1. The van der Waals surface area contributed by atoms with Crippen molar-refractivity contribution in [3.05, 3.63) is 94.8 Å². The molecule has 0 aliphatic carbocycles. The van der Waals surface area contributed by atoms with Crippen LogP contribution in [-0.4, -0.2) is 37.0 Å². The third-order valence-corrected chi connectivity index (χ3v) is 6.51. The average molecular weight is 489 g/mol. The minimum atomic E-state index is -0.911. The van der Waals surface area contributed by atoms with E-state index in [1.165, 1.54) is 24.1 Å². The average Bonchev–Trinajstić information content (AvgIpc) is 3.15. The van der Waals surface area contributed by atoms with Gasteiger partial charge in [0.25, 0.3) is 11.7 Å². The molecular formula is C29H29FN2O4. The van der Waals surface area contributed by atoms with Crippen molar-refractivity contribution in [1.82, 2.24) is 0 Å². The Morgan fingerprint density at radius 1 is 1.00 bits per heavy atom. The highest BCUT2D eigenvalue weighted by molar-refractivity contribution is 6.51. The van der Waals surface area contributed by atoms with Gasteiger partial charge in [-0.2, -0.15) is 0 Å². The van der Waals surface area contributed by atoms with Crippen molar-refractivity contribution >= 4 is 28.8 Å². The fourth-order valence-corrected chi connectivity index (χ4v) is 4.59. The Bertz CT molecular complexity index is 1310. The number of carbonyl (C=O) groups is 2. The number of hydrogen-bond donors (Lipinski definition) is 1. The molecule has 1 aliphatic rings. The standard InChI is InChI=1S/C29H29FN2O4/c1-5-31(6-2)21-14-9-19(10-15-21)26-25(27(33)23-17-20(30)11-16-24(23)36-4)28(34)29(35)32(26)22-12-7-18(3)8-13-22/h7-17,26,33H,5-6H2,1-4H3/b27-25+. The molecule has 3 aromatic carbocycles. The SMILES string of the molecule is CCN(CC)c1ccc(C2/C(=C(\O)c3cc(F)ccc3OC)C(=O)C(=O)N2c2ccc(C)cc2)cc1. The summed E-state index contributed by atoms with van der Waals surface area (Å²) >= 11 is 0. The van der Waals surface area contributed by atoms with Crippen LogP contribution in [0.15, 0.2) is 72.3 Å². The van der Waals surface area contributed by atoms with Crippen molar-refractivity contribution in [3.63, 3.8) is 0 Å². The van der Waals surface area contributed by atoms with Crippen molar-refractivity contribution in [3.8, 4) is 5.75 Å². The van der Waals surface area contributed by atoms with Gasteiger partial charge in [0, 0.05) is 24.5 Å². The highest BCUT2D eigenvalue weighted by atomic mass is 19.1. The number of aliphatic hydroxyl groups is 1. The van der Waals surface area contributed by atoms with E-state index in [4.69, 9.17) is 4.74 Å². The number of Topliss-reactive ketones (excluding diaryl/α,β-unsaturated/α-hetero) is 1. The van der Waals surface area contributed by atoms with Crippen LogP contribution in [0.25, 0.3) is 5.76 Å². The topological polar surface area (TPSA) is 70.1 Å². The molecule has 7 heteroatoms. The van der Waals surface area contributed by atoms with E-state index in [9.17, 15) is 19.1 Å². The van der Waals surface area contributed by atoms with Gasteiger partial charge in [0.15, 0.2) is 0 Å². The zero-order valence-corrected chi connectivity index (χ0v) is 20.8. The van der Waals surface area contributed by atoms with Crippen molar-refractivity contribution in [2.45, 2.75) is 26.8 Å². The Hall–Kier alpha value is -4.13. The number of carbonyl (C=O) groups excluding carboxylic acids is 2. The van der Waals surface area contributed by atoms with Crippen LogP contribution in [0.3, 0.4) is 0 Å². The van der Waals surface area contributed by atoms with Gasteiger partial charge in [-0.05, 0) is 68.8 Å². The molecule has 3 aromatic rings. The second-order valence-corrected chi connectivity index (χ2v) is 8.61. The summed E-state index contributed by atoms with van der Waals surface area (Å²) in [6.07, 6.45) is 0. The summed E-state index contributed by atoms with van der Waals surface area (Å²) in [7, 11) is 1.39. The summed E-state index contributed by atoms with van der Waals surface area (Å²) in [5, 5.41) is 11.3. The van der Waals surface area contributed by atoms with Gasteiger partial charge in [0.1, 0.15) is 17.3 Å². The molecule has 0 bridgehead atoms. The normalized spacial score (nSPS) is 16.9. The first-order valence-corrected chi connectivity index (χ1v) is 11.9. The number of hydrogen-bond acceptors (Lipinski definition) is 5. The summed E-state index contributed by atoms with van der Waals surface area (Å²) in [5.74, 6) is -2.53. The Labute approximate surface area is 210 Å². The number of halogens is 1. The highest BCUT2D eigenvalue weighted by Gasteiger charge is 2.47. The molecular weight excluding hydrogens is 459 g/mol. The fraction of sp³-hybridized carbons (Fsp3) is 0.241. The van der Waals surface area contributed by atoms with Crippen molar-refractivity contribution in [1.29, 1.82) is 0 Å². The van der Waals surface area contributed by atoms with E-state index in [0.29, 0.717) is 11.3 Å². The van der Waals surface area contributed by atoms with Gasteiger partial charge in [0.05, 0.1) is 24.3 Å². The molecule has 1 amide bonds. The maximum absolute atomic E-state index is 14.1. The summed E-state index contributed by atoms with van der Waals surface area (Å²) in [6, 6.07) is 17.5. The van der Waals surface area contributed by atoms with Crippen molar-refractivity contribution in [2.75, 3.05) is 30.0 Å². The summed E-state index contributed by atoms with van der Waals surface area (Å²) in [4.78, 5) is 30.2. The number of rotatable bonds is 7. The molecule has 36 heavy (non-hydrogen) atoms. The number of methoxy groups -OCH3 is 1. The molecule has 1 heterocycles. The van der Waals surface area contributed by atoms with Gasteiger partial charge in [-0.1, -0.05) is 29.8 Å². The third kappa shape index (κ3) is 4.44. The first-order chi connectivity index (χ1) is 17.3. The quantitative estimate of drug-likeness (QED) is 0.266. The smallest absolute Gasteiger partial charge is 0.300 e. The van der Waals surface area contributed by atoms with Crippen LogP contribution < -0.4 is 14.5 Å². The van der Waals surface area contributed by atoms with E-state index in [-0.39, 0.29) is 16.9 Å². The second kappa shape index (κ2) is 10.2. The number of ketones is 1. The monoisotopic (exact) mass is 488 g/mol. The van der Waals surface area contributed by atoms with Crippen molar-refractivity contribution < 1.29 is 23.8 Å². The maximum atomic E-state index is 14.1. The van der Waals surface area contributed by atoms with E-state index in [1.807, 2.05) is 43.3 Å². The molecule has 0 saturated carbocycles. The van der Waals surface area contributed by atoms with Gasteiger partial charge in [-0.15, -0.1) is 0 Å². The number of nitrogens with zero attached hydrogens (tertiary/aromatic N) is 2. The van der Waals surface area contributed by atoms with Gasteiger partial charge < -0.3 is 14.7 Å². The molecule has 0 aromatic heterocycles. The lowest BCUT2D eigenvalue weighted by Gasteiger charge is -2.27. The summed E-state index contributed by atoms with van der Waals surface area (Å²) in [6.45, 7) is 7.72. The van der Waals surface area contributed by atoms with Gasteiger partial charge in [0.2, 0.25) is 0 Å². The molecule has 0 spiro atoms. The molecule has 1 unspecified atom stereocenters. The predicted molar refractivity (Wildman–Crippen MR) is 139 cm³/mol. The largest absolute Gasteiger partial charge is 0.507 e. The molecule has 6 nitrogen and oxygen atoms in total. The molecule has 1 saturated heterocycles. The minimum absolute atomic E-state index is 0.00386. The minimum Gasteiger partial charge on any atom is -0.507 e. The van der Waals surface area contributed by atoms with Crippen LogP contribution in [-0.2, 0) is 9.59 Å². The Morgan fingerprint density at radius 2 is 1.64 bits per heavy atom. The Balaban J connectivity index is 1.93. The lowest BCUT2D eigenvalue weighted by atomic mass is 9.94. The van der Waals surface area contributed by atoms with E-state index in [0.717, 1.165) is 30.4 Å². The van der Waals surface area contributed by atoms with E-state index in [2.05, 4.69) is 18.7 Å². The zero-order chi connectivity index (χ0) is 26.0. The third-order valence-electron chi connectivity index (χ3n) is 6.51. The van der Waals surface area contributed by atoms with E-state index in [1.54, 1.807) is 12.1 Å². The van der Waals surface area contributed by atoms with Crippen LogP contribution in [0.2, 0.25) is 0 Å².